The minimum Gasteiger partial charge on any atom is -0.399 e. The Kier molecular flexibility index (Phi) is 4.00. The molecule has 20 heavy (non-hydrogen) atoms. The number of nitrogens with two attached hydrogens (primary N) is 1. The molecule has 4 N–H and O–H groups in total. The van der Waals surface area contributed by atoms with Crippen LogP contribution in [0.4, 0.5) is 17.1 Å². The number of amides is 2. The third-order valence-electron chi connectivity index (χ3n) is 2.61. The Morgan fingerprint density at radius 3 is 2.25 bits per heavy atom. The lowest BCUT2D eigenvalue weighted by molar-refractivity contribution is -0.114. The number of carbonyl (C=O) groups excluding carboxylic acids is 2. The van der Waals surface area contributed by atoms with E-state index in [9.17, 15) is 9.59 Å². The molecular weight excluding hydrogens is 254 g/mol. The third-order valence-corrected chi connectivity index (χ3v) is 2.61. The zero-order valence-corrected chi connectivity index (χ0v) is 11.0. The molecule has 0 aliphatic carbocycles. The van der Waals surface area contributed by atoms with Gasteiger partial charge in [-0.25, -0.2) is 0 Å². The molecule has 2 amide bonds. The summed E-state index contributed by atoms with van der Waals surface area (Å²) in [5.41, 5.74) is 8.03. The molecule has 5 nitrogen and oxygen atoms in total. The quantitative estimate of drug-likeness (QED) is 0.748. The Morgan fingerprint density at radius 1 is 0.950 bits per heavy atom. The molecule has 0 spiro atoms. The summed E-state index contributed by atoms with van der Waals surface area (Å²) in [6, 6.07) is 13.6. The van der Waals surface area contributed by atoms with Crippen LogP contribution in [0.2, 0.25) is 0 Å². The summed E-state index contributed by atoms with van der Waals surface area (Å²) in [4.78, 5) is 22.9. The van der Waals surface area contributed by atoms with Crippen LogP contribution < -0.4 is 16.4 Å². The number of nitrogens with one attached hydrogen (secondary N) is 2. The standard InChI is InChI=1S/C15H15N3O2/c1-10(19)17-13-7-5-11(6-8-13)15(20)18-14-4-2-3-12(16)9-14/h2-9H,16H2,1H3,(H,17,19)(H,18,20). The summed E-state index contributed by atoms with van der Waals surface area (Å²) in [7, 11) is 0. The summed E-state index contributed by atoms with van der Waals surface area (Å²) in [5, 5.41) is 5.39. The molecule has 5 heteroatoms. The van der Waals surface area contributed by atoms with Crippen LogP contribution in [-0.4, -0.2) is 11.8 Å². The first-order chi connectivity index (χ1) is 9.54. The van der Waals surface area contributed by atoms with Crippen LogP contribution in [0.1, 0.15) is 17.3 Å². The first kappa shape index (κ1) is 13.6. The summed E-state index contributed by atoms with van der Waals surface area (Å²) in [6.45, 7) is 1.43. The van der Waals surface area contributed by atoms with Gasteiger partial charge in [0.1, 0.15) is 0 Å². The van der Waals surface area contributed by atoms with Gasteiger partial charge in [0.15, 0.2) is 0 Å². The van der Waals surface area contributed by atoms with Crippen molar-refractivity contribution in [3.8, 4) is 0 Å². The van der Waals surface area contributed by atoms with Crippen LogP contribution >= 0.6 is 0 Å². The van der Waals surface area contributed by atoms with E-state index in [1.165, 1.54) is 6.92 Å². The van der Waals surface area contributed by atoms with Gasteiger partial charge in [-0.3, -0.25) is 9.59 Å². The van der Waals surface area contributed by atoms with Crippen molar-refractivity contribution in [2.75, 3.05) is 16.4 Å². The largest absolute Gasteiger partial charge is 0.399 e. The van der Waals surface area contributed by atoms with Crippen LogP contribution in [-0.2, 0) is 4.79 Å². The SMILES string of the molecule is CC(=O)Nc1ccc(C(=O)Nc2cccc(N)c2)cc1. The zero-order chi connectivity index (χ0) is 14.5. The van der Waals surface area contributed by atoms with Crippen LogP contribution in [0, 0.1) is 0 Å². The molecule has 0 aromatic heterocycles. The van der Waals surface area contributed by atoms with Crippen LogP contribution in [0.25, 0.3) is 0 Å². The predicted molar refractivity (Wildman–Crippen MR) is 79.6 cm³/mol. The Bertz CT molecular complexity index is 636. The highest BCUT2D eigenvalue weighted by molar-refractivity contribution is 6.04. The fourth-order valence-electron chi connectivity index (χ4n) is 1.73. The number of nitrogen functional groups attached to an aromatic ring is 1. The summed E-state index contributed by atoms with van der Waals surface area (Å²) >= 11 is 0. The highest BCUT2D eigenvalue weighted by Gasteiger charge is 2.06. The van der Waals surface area contributed by atoms with Crippen molar-refractivity contribution >= 4 is 28.9 Å². The van der Waals surface area contributed by atoms with Crippen molar-refractivity contribution in [3.63, 3.8) is 0 Å². The second-order valence-corrected chi connectivity index (χ2v) is 4.34. The molecule has 0 bridgehead atoms. The molecule has 0 aliphatic heterocycles. The monoisotopic (exact) mass is 269 g/mol. The molecule has 102 valence electrons. The first-order valence-corrected chi connectivity index (χ1v) is 6.09. The summed E-state index contributed by atoms with van der Waals surface area (Å²) in [6.07, 6.45) is 0. The normalized spacial score (nSPS) is 9.85. The lowest BCUT2D eigenvalue weighted by atomic mass is 10.2. The van der Waals surface area contributed by atoms with E-state index in [0.717, 1.165) is 0 Å². The molecule has 0 heterocycles. The van der Waals surface area contributed by atoms with Crippen molar-refractivity contribution in [2.24, 2.45) is 0 Å². The Morgan fingerprint density at radius 2 is 1.65 bits per heavy atom. The van der Waals surface area contributed by atoms with Crippen molar-refractivity contribution in [1.82, 2.24) is 0 Å². The minimum atomic E-state index is -0.232. The highest BCUT2D eigenvalue weighted by Crippen LogP contribution is 2.14. The van der Waals surface area contributed by atoms with Gasteiger partial charge in [0.05, 0.1) is 0 Å². The predicted octanol–water partition coefficient (Wildman–Crippen LogP) is 2.48. The maximum absolute atomic E-state index is 12.0. The summed E-state index contributed by atoms with van der Waals surface area (Å²) < 4.78 is 0. The van der Waals surface area contributed by atoms with Crippen LogP contribution in [0.5, 0.6) is 0 Å². The van der Waals surface area contributed by atoms with E-state index < -0.39 is 0 Å². The van der Waals surface area contributed by atoms with Gasteiger partial charge in [-0.2, -0.15) is 0 Å². The molecular formula is C15H15N3O2. The number of hydrogen-bond acceptors (Lipinski definition) is 3. The van der Waals surface area contributed by atoms with E-state index in [2.05, 4.69) is 10.6 Å². The van der Waals surface area contributed by atoms with E-state index in [1.807, 2.05) is 0 Å². The van der Waals surface area contributed by atoms with Crippen molar-refractivity contribution in [3.05, 3.63) is 54.1 Å². The van der Waals surface area contributed by atoms with Crippen LogP contribution in [0.15, 0.2) is 48.5 Å². The van der Waals surface area contributed by atoms with Crippen LogP contribution in [0.3, 0.4) is 0 Å². The molecule has 0 atom stereocenters. The van der Waals surface area contributed by atoms with Gasteiger partial charge in [0, 0.05) is 29.5 Å². The highest BCUT2D eigenvalue weighted by atomic mass is 16.2. The molecule has 0 fully saturated rings. The molecule has 0 saturated heterocycles. The number of benzene rings is 2. The topological polar surface area (TPSA) is 84.2 Å². The van der Waals surface area contributed by atoms with Gasteiger partial charge < -0.3 is 16.4 Å². The van der Waals surface area contributed by atoms with E-state index in [4.69, 9.17) is 5.73 Å². The van der Waals surface area contributed by atoms with E-state index in [1.54, 1.807) is 48.5 Å². The molecule has 0 saturated carbocycles. The maximum atomic E-state index is 12.0. The smallest absolute Gasteiger partial charge is 0.255 e. The van der Waals surface area contributed by atoms with Gasteiger partial charge >= 0.3 is 0 Å². The number of hydrogen-bond donors (Lipinski definition) is 3. The number of carbonyl (C=O) groups is 2. The zero-order valence-electron chi connectivity index (χ0n) is 11.0. The average molecular weight is 269 g/mol. The van der Waals surface area contributed by atoms with E-state index in [0.29, 0.717) is 22.6 Å². The van der Waals surface area contributed by atoms with Crippen molar-refractivity contribution in [1.29, 1.82) is 0 Å². The second kappa shape index (κ2) is 5.88. The van der Waals surface area contributed by atoms with E-state index >= 15 is 0 Å². The van der Waals surface area contributed by atoms with Gasteiger partial charge in [-0.05, 0) is 42.5 Å². The maximum Gasteiger partial charge on any atom is 0.255 e. The molecule has 2 aromatic carbocycles. The minimum absolute atomic E-state index is 0.151. The van der Waals surface area contributed by atoms with Crippen molar-refractivity contribution in [2.45, 2.75) is 6.92 Å². The molecule has 0 unspecified atom stereocenters. The lowest BCUT2D eigenvalue weighted by Crippen LogP contribution is -2.12. The van der Waals surface area contributed by atoms with E-state index in [-0.39, 0.29) is 11.8 Å². The number of rotatable bonds is 3. The molecule has 2 rings (SSSR count). The van der Waals surface area contributed by atoms with Gasteiger partial charge in [-0.15, -0.1) is 0 Å². The second-order valence-electron chi connectivity index (χ2n) is 4.34. The Labute approximate surface area is 116 Å². The van der Waals surface area contributed by atoms with Gasteiger partial charge in [0.25, 0.3) is 5.91 Å². The first-order valence-electron chi connectivity index (χ1n) is 6.09. The van der Waals surface area contributed by atoms with Gasteiger partial charge in [0.2, 0.25) is 5.91 Å². The van der Waals surface area contributed by atoms with Gasteiger partial charge in [-0.1, -0.05) is 6.07 Å². The third kappa shape index (κ3) is 3.58. The molecule has 0 radical (unpaired) electrons. The number of anilines is 3. The Balaban J connectivity index is 2.07. The molecule has 2 aromatic rings. The fourth-order valence-corrected chi connectivity index (χ4v) is 1.73. The Hall–Kier alpha value is -2.82. The average Bonchev–Trinajstić information content (AvgIpc) is 2.38. The lowest BCUT2D eigenvalue weighted by Gasteiger charge is -2.07. The molecule has 0 aliphatic rings. The van der Waals surface area contributed by atoms with Crippen molar-refractivity contribution < 1.29 is 9.59 Å². The fraction of sp³-hybridized carbons (Fsp3) is 0.0667. The summed E-state index contributed by atoms with van der Waals surface area (Å²) in [5.74, 6) is -0.382.